The Morgan fingerprint density at radius 1 is 0.909 bits per heavy atom. The molecule has 56 valence electrons. The van der Waals surface area contributed by atoms with Crippen LogP contribution in [-0.2, 0) is 21.7 Å². The van der Waals surface area contributed by atoms with Crippen molar-refractivity contribution in [1.82, 2.24) is 0 Å². The minimum atomic E-state index is 0. The van der Waals surface area contributed by atoms with Crippen LogP contribution in [0.2, 0.25) is 0 Å². The second-order valence-corrected chi connectivity index (χ2v) is 2.01. The SMILES string of the molecule is [C-]1=CC=CC1.[C-]1=CC=CC1.[H-].[Ti+2]. The van der Waals surface area contributed by atoms with Gasteiger partial charge in [0.2, 0.25) is 0 Å². The third-order valence-corrected chi connectivity index (χ3v) is 1.17. The molecule has 0 aliphatic heterocycles. The maximum atomic E-state index is 2.99. The second kappa shape index (κ2) is 7.78. The average Bonchev–Trinajstić information content (AvgIpc) is 2.67. The Morgan fingerprint density at radius 3 is 1.45 bits per heavy atom. The van der Waals surface area contributed by atoms with Crippen LogP contribution >= 0.6 is 0 Å². The Kier molecular flexibility index (Phi) is 7.55. The molecule has 0 bridgehead atoms. The van der Waals surface area contributed by atoms with Gasteiger partial charge in [0.05, 0.1) is 0 Å². The molecule has 0 saturated carbocycles. The Hall–Kier alpha value is -0.326. The third-order valence-electron chi connectivity index (χ3n) is 1.17. The van der Waals surface area contributed by atoms with Gasteiger partial charge in [0.15, 0.2) is 0 Å². The van der Waals surface area contributed by atoms with Crippen molar-refractivity contribution in [2.45, 2.75) is 12.8 Å². The van der Waals surface area contributed by atoms with Crippen molar-refractivity contribution < 1.29 is 23.1 Å². The first-order valence-electron chi connectivity index (χ1n) is 3.43. The summed E-state index contributed by atoms with van der Waals surface area (Å²) in [6.45, 7) is 0. The summed E-state index contributed by atoms with van der Waals surface area (Å²) in [6.07, 6.45) is 20.0. The zero-order valence-electron chi connectivity index (χ0n) is 7.38. The van der Waals surface area contributed by atoms with Gasteiger partial charge in [0, 0.05) is 0 Å². The number of allylic oxidation sites excluding steroid dienone is 8. The first-order chi connectivity index (χ1) is 5.00. The monoisotopic (exact) mass is 179 g/mol. The summed E-state index contributed by atoms with van der Waals surface area (Å²) in [5, 5.41) is 0. The molecule has 0 nitrogen and oxygen atoms in total. The van der Waals surface area contributed by atoms with E-state index in [1.807, 2.05) is 24.3 Å². The third kappa shape index (κ3) is 6.09. The van der Waals surface area contributed by atoms with E-state index in [2.05, 4.69) is 24.3 Å². The molecule has 0 aromatic carbocycles. The van der Waals surface area contributed by atoms with Gasteiger partial charge in [-0.25, -0.2) is 24.3 Å². The number of rotatable bonds is 0. The van der Waals surface area contributed by atoms with Crippen LogP contribution in [0.1, 0.15) is 14.3 Å². The molecule has 2 aliphatic rings. The number of hydrogen-bond donors (Lipinski definition) is 0. The molecule has 0 aromatic rings. The molecule has 2 rings (SSSR count). The van der Waals surface area contributed by atoms with Crippen LogP contribution in [0.15, 0.2) is 36.5 Å². The molecule has 0 atom stereocenters. The van der Waals surface area contributed by atoms with Gasteiger partial charge in [-0.2, -0.15) is 12.2 Å². The summed E-state index contributed by atoms with van der Waals surface area (Å²) in [5.74, 6) is 0. The Labute approximate surface area is 84.8 Å². The van der Waals surface area contributed by atoms with Crippen LogP contribution in [0.25, 0.3) is 0 Å². The molecular formula is C10H11Ti-. The summed E-state index contributed by atoms with van der Waals surface area (Å²) in [7, 11) is 0. The first-order valence-corrected chi connectivity index (χ1v) is 3.43. The second-order valence-electron chi connectivity index (χ2n) is 2.01. The zero-order valence-corrected chi connectivity index (χ0v) is 7.94. The molecule has 0 aromatic heterocycles. The summed E-state index contributed by atoms with van der Waals surface area (Å²) in [4.78, 5) is 0. The van der Waals surface area contributed by atoms with Crippen LogP contribution in [0, 0.1) is 12.2 Å². The van der Waals surface area contributed by atoms with Crippen LogP contribution in [0.5, 0.6) is 0 Å². The van der Waals surface area contributed by atoms with Gasteiger partial charge in [-0.3, -0.25) is 12.2 Å². The van der Waals surface area contributed by atoms with Crippen molar-refractivity contribution in [3.05, 3.63) is 48.6 Å². The van der Waals surface area contributed by atoms with Crippen molar-refractivity contribution in [3.8, 4) is 0 Å². The molecule has 11 heavy (non-hydrogen) atoms. The van der Waals surface area contributed by atoms with Crippen molar-refractivity contribution in [3.63, 3.8) is 0 Å². The van der Waals surface area contributed by atoms with Crippen molar-refractivity contribution >= 4 is 0 Å². The fourth-order valence-corrected chi connectivity index (χ4v) is 0.680. The van der Waals surface area contributed by atoms with Crippen molar-refractivity contribution in [1.29, 1.82) is 0 Å². The quantitative estimate of drug-likeness (QED) is 0.396. The van der Waals surface area contributed by atoms with Crippen molar-refractivity contribution in [2.24, 2.45) is 0 Å². The van der Waals surface area contributed by atoms with Gasteiger partial charge >= 0.3 is 21.7 Å². The standard InChI is InChI=1S/2C5H5.Ti.H/c2*1-2-4-5-3-1;;/h2*1-3H,4H2;;/q2*-1;+2;-1. The van der Waals surface area contributed by atoms with Gasteiger partial charge in [0.25, 0.3) is 0 Å². The van der Waals surface area contributed by atoms with E-state index in [0.29, 0.717) is 0 Å². The van der Waals surface area contributed by atoms with Gasteiger partial charge in [-0.15, -0.1) is 12.8 Å². The van der Waals surface area contributed by atoms with Crippen LogP contribution in [0.3, 0.4) is 0 Å². The van der Waals surface area contributed by atoms with E-state index < -0.39 is 0 Å². The van der Waals surface area contributed by atoms with Crippen molar-refractivity contribution in [2.75, 3.05) is 0 Å². The van der Waals surface area contributed by atoms with E-state index in [4.69, 9.17) is 0 Å². The van der Waals surface area contributed by atoms with Crippen LogP contribution in [0.4, 0.5) is 0 Å². The van der Waals surface area contributed by atoms with Gasteiger partial charge in [-0.05, 0) is 0 Å². The molecule has 0 amide bonds. The average molecular weight is 179 g/mol. The molecule has 2 aliphatic carbocycles. The smallest absolute Gasteiger partial charge is 1.00 e. The van der Waals surface area contributed by atoms with E-state index >= 15 is 0 Å². The normalized spacial score (nSPS) is 16.0. The maximum absolute atomic E-state index is 2.99. The molecule has 0 fully saturated rings. The van der Waals surface area contributed by atoms with E-state index in [0.717, 1.165) is 12.8 Å². The van der Waals surface area contributed by atoms with E-state index in [-0.39, 0.29) is 23.1 Å². The fraction of sp³-hybridized carbons (Fsp3) is 0.200. The summed E-state index contributed by atoms with van der Waals surface area (Å²) in [5.41, 5.74) is 0. The molecule has 0 heterocycles. The van der Waals surface area contributed by atoms with Gasteiger partial charge < -0.3 is 1.43 Å². The molecule has 0 unspecified atom stereocenters. The Bertz CT molecular complexity index is 148. The van der Waals surface area contributed by atoms with Gasteiger partial charge in [-0.1, -0.05) is 0 Å². The predicted molar refractivity (Wildman–Crippen MR) is 44.3 cm³/mol. The number of hydrogen-bond acceptors (Lipinski definition) is 0. The fourth-order valence-electron chi connectivity index (χ4n) is 0.680. The Morgan fingerprint density at radius 2 is 1.36 bits per heavy atom. The van der Waals surface area contributed by atoms with Crippen LogP contribution in [-0.4, -0.2) is 0 Å². The minimum Gasteiger partial charge on any atom is -1.00 e. The molecule has 0 saturated heterocycles. The summed E-state index contributed by atoms with van der Waals surface area (Å²) >= 11 is 0. The molecular weight excluding hydrogens is 168 g/mol. The zero-order chi connectivity index (χ0) is 7.07. The predicted octanol–water partition coefficient (Wildman–Crippen LogP) is 2.72. The van der Waals surface area contributed by atoms with E-state index in [1.165, 1.54) is 0 Å². The van der Waals surface area contributed by atoms with Gasteiger partial charge in [0.1, 0.15) is 0 Å². The Balaban J connectivity index is 0. The summed E-state index contributed by atoms with van der Waals surface area (Å²) < 4.78 is 0. The molecule has 0 N–H and O–H groups in total. The maximum Gasteiger partial charge on any atom is 2.00 e. The minimum absolute atomic E-state index is 0. The van der Waals surface area contributed by atoms with Crippen LogP contribution < -0.4 is 0 Å². The van der Waals surface area contributed by atoms with E-state index in [9.17, 15) is 0 Å². The summed E-state index contributed by atoms with van der Waals surface area (Å²) in [6, 6.07) is 0. The molecule has 0 radical (unpaired) electrons. The molecule has 1 heteroatoms. The molecule has 0 spiro atoms. The first kappa shape index (κ1) is 10.7. The van der Waals surface area contributed by atoms with E-state index in [1.54, 1.807) is 0 Å². The topological polar surface area (TPSA) is 0 Å². The largest absolute Gasteiger partial charge is 2.00 e.